The van der Waals surface area contributed by atoms with E-state index in [2.05, 4.69) is 10.1 Å². The second-order valence-corrected chi connectivity index (χ2v) is 8.38. The van der Waals surface area contributed by atoms with Crippen LogP contribution in [0.15, 0.2) is 34.9 Å². The number of hydrogen-bond donors (Lipinski definition) is 0. The van der Waals surface area contributed by atoms with Gasteiger partial charge in [-0.2, -0.15) is 0 Å². The van der Waals surface area contributed by atoms with E-state index in [1.165, 1.54) is 0 Å². The standard InChI is InChI=1S/C23H31N3O3/c1-17(2)22(27)26(15-19-11-8-14-28-19)16-20-21(18-9-4-3-5-10-18)24-29-23(20)25-12-6-7-13-25/h3-5,9-10,17,19H,6-8,11-16H2,1-2H3/t19-/m0/s1. The van der Waals surface area contributed by atoms with Crippen LogP contribution in [0.4, 0.5) is 5.88 Å². The second kappa shape index (κ2) is 8.99. The summed E-state index contributed by atoms with van der Waals surface area (Å²) in [5, 5.41) is 4.43. The number of hydrogen-bond acceptors (Lipinski definition) is 5. The molecule has 0 saturated carbocycles. The minimum Gasteiger partial charge on any atom is -0.376 e. The minimum atomic E-state index is -0.0633. The zero-order valence-corrected chi connectivity index (χ0v) is 17.5. The molecule has 2 saturated heterocycles. The molecular formula is C23H31N3O3. The first kappa shape index (κ1) is 20.0. The Hall–Kier alpha value is -2.34. The quantitative estimate of drug-likeness (QED) is 0.704. The van der Waals surface area contributed by atoms with Gasteiger partial charge < -0.3 is 19.1 Å². The molecule has 6 nitrogen and oxygen atoms in total. The Morgan fingerprint density at radius 2 is 1.97 bits per heavy atom. The largest absolute Gasteiger partial charge is 0.376 e. The number of aromatic nitrogens is 1. The fourth-order valence-corrected chi connectivity index (χ4v) is 4.26. The van der Waals surface area contributed by atoms with Gasteiger partial charge in [0.1, 0.15) is 5.69 Å². The van der Waals surface area contributed by atoms with Gasteiger partial charge in [-0.15, -0.1) is 0 Å². The Balaban J connectivity index is 1.67. The van der Waals surface area contributed by atoms with Crippen LogP contribution in [0, 0.1) is 5.92 Å². The summed E-state index contributed by atoms with van der Waals surface area (Å²) in [5.41, 5.74) is 2.86. The monoisotopic (exact) mass is 397 g/mol. The van der Waals surface area contributed by atoms with E-state index in [-0.39, 0.29) is 17.9 Å². The molecule has 0 N–H and O–H groups in total. The van der Waals surface area contributed by atoms with Crippen LogP contribution in [0.3, 0.4) is 0 Å². The number of anilines is 1. The van der Waals surface area contributed by atoms with E-state index in [0.29, 0.717) is 13.1 Å². The van der Waals surface area contributed by atoms with Crippen LogP contribution >= 0.6 is 0 Å². The highest BCUT2D eigenvalue weighted by Gasteiger charge is 2.30. The summed E-state index contributed by atoms with van der Waals surface area (Å²) in [6, 6.07) is 10.1. The molecule has 0 unspecified atom stereocenters. The molecule has 2 aliphatic heterocycles. The Morgan fingerprint density at radius 1 is 1.21 bits per heavy atom. The lowest BCUT2D eigenvalue weighted by Gasteiger charge is -2.28. The van der Waals surface area contributed by atoms with Crippen molar-refractivity contribution in [3.05, 3.63) is 35.9 Å². The van der Waals surface area contributed by atoms with Crippen molar-refractivity contribution < 1.29 is 14.1 Å². The molecule has 1 aromatic carbocycles. The number of nitrogens with zero attached hydrogens (tertiary/aromatic N) is 3. The molecule has 4 rings (SSSR count). The molecule has 1 atom stereocenters. The summed E-state index contributed by atoms with van der Waals surface area (Å²) in [5.74, 6) is 0.898. The van der Waals surface area contributed by atoms with Crippen molar-refractivity contribution in [1.29, 1.82) is 0 Å². The van der Waals surface area contributed by atoms with Gasteiger partial charge in [-0.25, -0.2) is 0 Å². The highest BCUT2D eigenvalue weighted by Crippen LogP contribution is 2.34. The molecule has 1 aromatic heterocycles. The predicted octanol–water partition coefficient (Wildman–Crippen LogP) is 4.11. The molecule has 2 aromatic rings. The lowest BCUT2D eigenvalue weighted by molar-refractivity contribution is -0.136. The molecule has 2 fully saturated rings. The van der Waals surface area contributed by atoms with E-state index < -0.39 is 0 Å². The van der Waals surface area contributed by atoms with Gasteiger partial charge >= 0.3 is 0 Å². The van der Waals surface area contributed by atoms with Crippen molar-refractivity contribution in [1.82, 2.24) is 10.1 Å². The second-order valence-electron chi connectivity index (χ2n) is 8.38. The first-order valence-corrected chi connectivity index (χ1v) is 10.8. The van der Waals surface area contributed by atoms with Gasteiger partial charge in [0.25, 0.3) is 0 Å². The zero-order chi connectivity index (χ0) is 20.2. The van der Waals surface area contributed by atoms with E-state index in [1.807, 2.05) is 49.1 Å². The van der Waals surface area contributed by atoms with E-state index in [0.717, 1.165) is 68.1 Å². The molecule has 0 bridgehead atoms. The first-order valence-electron chi connectivity index (χ1n) is 10.8. The number of ether oxygens (including phenoxy) is 1. The molecule has 0 radical (unpaired) electrons. The van der Waals surface area contributed by atoms with Crippen molar-refractivity contribution >= 4 is 11.8 Å². The number of carbonyl (C=O) groups is 1. The Labute approximate surface area is 172 Å². The molecule has 0 aliphatic carbocycles. The fraction of sp³-hybridized carbons (Fsp3) is 0.565. The van der Waals surface area contributed by atoms with Crippen LogP contribution in [0.2, 0.25) is 0 Å². The molecule has 1 amide bonds. The molecule has 0 spiro atoms. The topological polar surface area (TPSA) is 58.8 Å². The van der Waals surface area contributed by atoms with E-state index in [4.69, 9.17) is 9.26 Å². The van der Waals surface area contributed by atoms with Gasteiger partial charge in [-0.3, -0.25) is 4.79 Å². The molecule has 3 heterocycles. The Bertz CT molecular complexity index is 806. The summed E-state index contributed by atoms with van der Waals surface area (Å²) in [6.07, 6.45) is 4.51. The van der Waals surface area contributed by atoms with Gasteiger partial charge in [0.2, 0.25) is 11.8 Å². The smallest absolute Gasteiger partial charge is 0.232 e. The van der Waals surface area contributed by atoms with Crippen molar-refractivity contribution in [2.75, 3.05) is 31.1 Å². The van der Waals surface area contributed by atoms with Gasteiger partial charge in [-0.05, 0) is 25.7 Å². The van der Waals surface area contributed by atoms with Crippen LogP contribution in [0.25, 0.3) is 11.3 Å². The minimum absolute atomic E-state index is 0.0633. The zero-order valence-electron chi connectivity index (χ0n) is 17.5. The lowest BCUT2D eigenvalue weighted by Crippen LogP contribution is -2.39. The van der Waals surface area contributed by atoms with Crippen LogP contribution in [0.5, 0.6) is 0 Å². The van der Waals surface area contributed by atoms with Gasteiger partial charge in [0, 0.05) is 37.7 Å². The molecular weight excluding hydrogens is 366 g/mol. The maximum absolute atomic E-state index is 13.0. The predicted molar refractivity (Wildman–Crippen MR) is 113 cm³/mol. The van der Waals surface area contributed by atoms with Crippen LogP contribution < -0.4 is 4.90 Å². The highest BCUT2D eigenvalue weighted by atomic mass is 16.5. The van der Waals surface area contributed by atoms with Crippen molar-refractivity contribution in [2.24, 2.45) is 5.92 Å². The maximum Gasteiger partial charge on any atom is 0.232 e. The Morgan fingerprint density at radius 3 is 2.62 bits per heavy atom. The van der Waals surface area contributed by atoms with E-state index in [9.17, 15) is 4.79 Å². The van der Waals surface area contributed by atoms with Crippen molar-refractivity contribution in [2.45, 2.75) is 52.2 Å². The molecule has 156 valence electrons. The summed E-state index contributed by atoms with van der Waals surface area (Å²) in [7, 11) is 0. The summed E-state index contributed by atoms with van der Waals surface area (Å²) in [4.78, 5) is 17.2. The number of amides is 1. The van der Waals surface area contributed by atoms with Crippen molar-refractivity contribution in [3.63, 3.8) is 0 Å². The Kier molecular flexibility index (Phi) is 6.19. The number of carbonyl (C=O) groups excluding carboxylic acids is 1. The maximum atomic E-state index is 13.0. The SMILES string of the molecule is CC(C)C(=O)N(Cc1c(-c2ccccc2)noc1N1CCCC1)C[C@@H]1CCCO1. The van der Waals surface area contributed by atoms with Gasteiger partial charge in [0.05, 0.1) is 18.2 Å². The molecule has 6 heteroatoms. The van der Waals surface area contributed by atoms with Crippen molar-refractivity contribution in [3.8, 4) is 11.3 Å². The third kappa shape index (κ3) is 4.47. The summed E-state index contributed by atoms with van der Waals surface area (Å²) in [6.45, 7) is 7.76. The van der Waals surface area contributed by atoms with Crippen LogP contribution in [-0.4, -0.2) is 48.3 Å². The van der Waals surface area contributed by atoms with E-state index >= 15 is 0 Å². The molecule has 2 aliphatic rings. The summed E-state index contributed by atoms with van der Waals surface area (Å²) < 4.78 is 11.7. The average Bonchev–Trinajstić information content (AvgIpc) is 3.49. The van der Waals surface area contributed by atoms with Crippen LogP contribution in [-0.2, 0) is 16.1 Å². The number of rotatable bonds is 7. The third-order valence-electron chi connectivity index (χ3n) is 5.81. The third-order valence-corrected chi connectivity index (χ3v) is 5.81. The first-order chi connectivity index (χ1) is 14.1. The average molecular weight is 398 g/mol. The molecule has 29 heavy (non-hydrogen) atoms. The van der Waals surface area contributed by atoms with E-state index in [1.54, 1.807) is 0 Å². The number of benzene rings is 1. The summed E-state index contributed by atoms with van der Waals surface area (Å²) >= 11 is 0. The van der Waals surface area contributed by atoms with Gasteiger partial charge in [0.15, 0.2) is 0 Å². The normalized spacial score (nSPS) is 19.3. The van der Waals surface area contributed by atoms with Crippen LogP contribution in [0.1, 0.15) is 45.1 Å². The van der Waals surface area contributed by atoms with Gasteiger partial charge in [-0.1, -0.05) is 49.3 Å². The lowest BCUT2D eigenvalue weighted by atomic mass is 10.1. The highest BCUT2D eigenvalue weighted by molar-refractivity contribution is 5.79. The fourth-order valence-electron chi connectivity index (χ4n) is 4.26.